The maximum atomic E-state index is 2.35. The van der Waals surface area contributed by atoms with Gasteiger partial charge in [-0.2, -0.15) is 0 Å². The quantitative estimate of drug-likeness (QED) is 0.378. The van der Waals surface area contributed by atoms with E-state index in [0.29, 0.717) is 0 Å². The standard InChI is InChI=1S/C25H18/c1-3-13-22-20(11-1)21-12-2-4-14-23(21)25(22)15-18-9-5-7-17-8-6-10-19(16-25)24(17)18/h1-14H,15-16H2. The zero-order valence-corrected chi connectivity index (χ0v) is 14.0. The highest BCUT2D eigenvalue weighted by Gasteiger charge is 2.45. The molecule has 2 aliphatic rings. The van der Waals surface area contributed by atoms with Gasteiger partial charge in [0.25, 0.3) is 0 Å². The SMILES string of the molecule is c1ccc2c(c1)-c1ccccc1C21Cc2cccc3cccc(c23)C1. The molecule has 0 bridgehead atoms. The summed E-state index contributed by atoms with van der Waals surface area (Å²) in [6.07, 6.45) is 2.19. The molecule has 0 aromatic heterocycles. The van der Waals surface area contributed by atoms with Crippen LogP contribution in [0, 0.1) is 0 Å². The maximum absolute atomic E-state index is 2.35. The summed E-state index contributed by atoms with van der Waals surface area (Å²) >= 11 is 0. The van der Waals surface area contributed by atoms with Crippen LogP contribution in [-0.4, -0.2) is 0 Å². The van der Waals surface area contributed by atoms with E-state index in [2.05, 4.69) is 84.9 Å². The molecule has 4 aromatic rings. The molecule has 0 amide bonds. The molecular weight excluding hydrogens is 300 g/mol. The fourth-order valence-electron chi connectivity index (χ4n) is 5.31. The van der Waals surface area contributed by atoms with Crippen molar-refractivity contribution in [3.8, 4) is 11.1 Å². The highest BCUT2D eigenvalue weighted by atomic mass is 14.5. The molecule has 0 N–H and O–H groups in total. The number of fused-ring (bicyclic) bond motifs is 5. The van der Waals surface area contributed by atoms with E-state index in [1.807, 2.05) is 0 Å². The lowest BCUT2D eigenvalue weighted by Gasteiger charge is -2.37. The first-order chi connectivity index (χ1) is 12.4. The van der Waals surface area contributed by atoms with Crippen LogP contribution in [0.3, 0.4) is 0 Å². The van der Waals surface area contributed by atoms with Crippen molar-refractivity contribution >= 4 is 10.8 Å². The first-order valence-corrected chi connectivity index (χ1v) is 9.06. The van der Waals surface area contributed by atoms with Crippen molar-refractivity contribution in [1.82, 2.24) is 0 Å². The average molecular weight is 318 g/mol. The minimum Gasteiger partial charge on any atom is -0.0619 e. The van der Waals surface area contributed by atoms with Crippen LogP contribution in [-0.2, 0) is 18.3 Å². The second-order valence-electron chi connectivity index (χ2n) is 7.46. The van der Waals surface area contributed by atoms with E-state index in [-0.39, 0.29) is 5.41 Å². The Bertz CT molecular complexity index is 1060. The smallest absolute Gasteiger partial charge is 0.0296 e. The second kappa shape index (κ2) is 4.61. The van der Waals surface area contributed by atoms with Crippen molar-refractivity contribution < 1.29 is 0 Å². The molecule has 0 radical (unpaired) electrons. The molecule has 0 heteroatoms. The molecule has 25 heavy (non-hydrogen) atoms. The fraction of sp³-hybridized carbons (Fsp3) is 0.120. The lowest BCUT2D eigenvalue weighted by atomic mass is 9.65. The molecule has 1 spiro atoms. The van der Waals surface area contributed by atoms with Gasteiger partial charge in [-0.25, -0.2) is 0 Å². The van der Waals surface area contributed by atoms with Crippen molar-refractivity contribution in [1.29, 1.82) is 0 Å². The van der Waals surface area contributed by atoms with Crippen LogP contribution in [0.5, 0.6) is 0 Å². The molecule has 0 saturated carbocycles. The van der Waals surface area contributed by atoms with Gasteiger partial charge >= 0.3 is 0 Å². The minimum absolute atomic E-state index is 0.0792. The summed E-state index contributed by atoms with van der Waals surface area (Å²) in [5.41, 5.74) is 8.91. The van der Waals surface area contributed by atoms with Crippen molar-refractivity contribution in [3.63, 3.8) is 0 Å². The van der Waals surface area contributed by atoms with Crippen LogP contribution in [0.15, 0.2) is 84.9 Å². The first kappa shape index (κ1) is 13.4. The molecule has 0 unspecified atom stereocenters. The van der Waals surface area contributed by atoms with Crippen LogP contribution in [0.25, 0.3) is 21.9 Å². The Kier molecular flexibility index (Phi) is 2.48. The van der Waals surface area contributed by atoms with Crippen molar-refractivity contribution in [2.24, 2.45) is 0 Å². The molecule has 6 rings (SSSR count). The topological polar surface area (TPSA) is 0 Å². The van der Waals surface area contributed by atoms with Gasteiger partial charge in [-0.05, 0) is 57.0 Å². The van der Waals surface area contributed by atoms with Gasteiger partial charge in [-0.15, -0.1) is 0 Å². The number of benzene rings is 4. The van der Waals surface area contributed by atoms with E-state index in [1.54, 1.807) is 0 Å². The minimum atomic E-state index is 0.0792. The molecule has 0 heterocycles. The Labute approximate surface area is 147 Å². The zero-order chi connectivity index (χ0) is 16.4. The van der Waals surface area contributed by atoms with Crippen LogP contribution < -0.4 is 0 Å². The summed E-state index contributed by atoms with van der Waals surface area (Å²) in [4.78, 5) is 0. The second-order valence-corrected chi connectivity index (χ2v) is 7.46. The monoisotopic (exact) mass is 318 g/mol. The maximum Gasteiger partial charge on any atom is 0.0296 e. The van der Waals surface area contributed by atoms with Crippen molar-refractivity contribution in [3.05, 3.63) is 107 Å². The van der Waals surface area contributed by atoms with Crippen molar-refractivity contribution in [2.45, 2.75) is 18.3 Å². The predicted octanol–water partition coefficient (Wildman–Crippen LogP) is 5.91. The molecule has 0 saturated heterocycles. The Morgan fingerprint density at radius 3 is 1.60 bits per heavy atom. The predicted molar refractivity (Wildman–Crippen MR) is 104 cm³/mol. The molecule has 2 aliphatic carbocycles. The molecule has 0 nitrogen and oxygen atoms in total. The summed E-state index contributed by atoms with van der Waals surface area (Å²) in [5.74, 6) is 0. The third-order valence-electron chi connectivity index (χ3n) is 6.24. The highest BCUT2D eigenvalue weighted by molar-refractivity contribution is 5.92. The van der Waals surface area contributed by atoms with Crippen LogP contribution in [0.1, 0.15) is 22.3 Å². The summed E-state index contributed by atoms with van der Waals surface area (Å²) < 4.78 is 0. The summed E-state index contributed by atoms with van der Waals surface area (Å²) in [7, 11) is 0. The van der Waals surface area contributed by atoms with Gasteiger partial charge in [0.05, 0.1) is 0 Å². The van der Waals surface area contributed by atoms with E-state index in [9.17, 15) is 0 Å². The number of hydrogen-bond acceptors (Lipinski definition) is 0. The molecule has 4 aromatic carbocycles. The van der Waals surface area contributed by atoms with E-state index in [4.69, 9.17) is 0 Å². The first-order valence-electron chi connectivity index (χ1n) is 9.06. The fourth-order valence-corrected chi connectivity index (χ4v) is 5.31. The number of rotatable bonds is 0. The normalized spacial score (nSPS) is 16.0. The molecular formula is C25H18. The summed E-state index contributed by atoms with van der Waals surface area (Å²) in [6.45, 7) is 0. The van der Waals surface area contributed by atoms with E-state index >= 15 is 0 Å². The molecule has 0 fully saturated rings. The van der Waals surface area contributed by atoms with Gasteiger partial charge in [0.1, 0.15) is 0 Å². The Morgan fingerprint density at radius 1 is 0.520 bits per heavy atom. The molecule has 0 atom stereocenters. The van der Waals surface area contributed by atoms with E-state index < -0.39 is 0 Å². The Morgan fingerprint density at radius 2 is 1.04 bits per heavy atom. The van der Waals surface area contributed by atoms with Crippen LogP contribution in [0.4, 0.5) is 0 Å². The van der Waals surface area contributed by atoms with Crippen LogP contribution in [0.2, 0.25) is 0 Å². The van der Waals surface area contributed by atoms with Crippen LogP contribution >= 0.6 is 0 Å². The zero-order valence-electron chi connectivity index (χ0n) is 14.0. The largest absolute Gasteiger partial charge is 0.0619 e. The van der Waals surface area contributed by atoms with E-state index in [0.717, 1.165) is 12.8 Å². The van der Waals surface area contributed by atoms with E-state index in [1.165, 1.54) is 44.2 Å². The van der Waals surface area contributed by atoms with Gasteiger partial charge in [-0.3, -0.25) is 0 Å². The van der Waals surface area contributed by atoms with Gasteiger partial charge in [-0.1, -0.05) is 84.9 Å². The average Bonchev–Trinajstić information content (AvgIpc) is 2.93. The number of hydrogen-bond donors (Lipinski definition) is 0. The third kappa shape index (κ3) is 1.62. The van der Waals surface area contributed by atoms with Gasteiger partial charge in [0.15, 0.2) is 0 Å². The molecule has 0 aliphatic heterocycles. The van der Waals surface area contributed by atoms with Gasteiger partial charge in [0.2, 0.25) is 0 Å². The Balaban J connectivity index is 1.70. The molecule has 118 valence electrons. The van der Waals surface area contributed by atoms with Crippen molar-refractivity contribution in [2.75, 3.05) is 0 Å². The van der Waals surface area contributed by atoms with Gasteiger partial charge < -0.3 is 0 Å². The highest BCUT2D eigenvalue weighted by Crippen LogP contribution is 2.54. The third-order valence-corrected chi connectivity index (χ3v) is 6.24. The summed E-state index contributed by atoms with van der Waals surface area (Å²) in [6, 6.07) is 31.6. The Hall–Kier alpha value is -2.86. The lowest BCUT2D eigenvalue weighted by Crippen LogP contribution is -2.33. The summed E-state index contributed by atoms with van der Waals surface area (Å²) in [5, 5.41) is 2.86. The lowest BCUT2D eigenvalue weighted by molar-refractivity contribution is 0.513. The van der Waals surface area contributed by atoms with Gasteiger partial charge in [0, 0.05) is 5.41 Å².